The lowest BCUT2D eigenvalue weighted by Gasteiger charge is -2.04. The molecule has 4 nitrogen and oxygen atoms in total. The zero-order valence-corrected chi connectivity index (χ0v) is 10.2. The summed E-state index contributed by atoms with van der Waals surface area (Å²) < 4.78 is 5.58. The Bertz CT molecular complexity index is 501. The number of benzene rings is 1. The fourth-order valence-corrected chi connectivity index (χ4v) is 1.88. The highest BCUT2D eigenvalue weighted by atomic mass is 35.5. The van der Waals surface area contributed by atoms with Crippen molar-refractivity contribution in [3.05, 3.63) is 33.8 Å². The molecule has 1 aromatic heterocycles. The molecule has 0 unspecified atom stereocenters. The Hall–Kier alpha value is -1.17. The molecule has 2 aromatic rings. The molecule has 0 atom stereocenters. The topological polar surface area (TPSA) is 61.0 Å². The molecule has 0 fully saturated rings. The average Bonchev–Trinajstić information content (AvgIpc) is 2.71. The third-order valence-electron chi connectivity index (χ3n) is 1.97. The van der Waals surface area contributed by atoms with E-state index in [1.807, 2.05) is 19.1 Å². The van der Waals surface area contributed by atoms with Gasteiger partial charge >= 0.3 is 0 Å². The van der Waals surface area contributed by atoms with Gasteiger partial charge in [0, 0.05) is 11.6 Å². The smallest absolute Gasteiger partial charge is 0.299 e. The molecule has 0 aliphatic rings. The Morgan fingerprint density at radius 2 is 2.25 bits per heavy atom. The summed E-state index contributed by atoms with van der Waals surface area (Å²) in [6, 6.07) is 5.46. The van der Waals surface area contributed by atoms with Crippen LogP contribution in [0.25, 0.3) is 0 Å². The van der Waals surface area contributed by atoms with Gasteiger partial charge in [0.05, 0.1) is 0 Å². The van der Waals surface area contributed by atoms with Crippen LogP contribution in [0.15, 0.2) is 18.2 Å². The van der Waals surface area contributed by atoms with Crippen molar-refractivity contribution in [1.82, 2.24) is 10.2 Å². The molecule has 0 saturated heterocycles. The Labute approximate surface area is 102 Å². The van der Waals surface area contributed by atoms with Gasteiger partial charge in [-0.15, -0.1) is 5.10 Å². The van der Waals surface area contributed by atoms with Crippen LogP contribution in [0.4, 0.5) is 0 Å². The maximum absolute atomic E-state index is 5.88. The predicted octanol–water partition coefficient (Wildman–Crippen LogP) is 2.75. The number of nitrogens with two attached hydrogens (primary N) is 1. The second-order valence-electron chi connectivity index (χ2n) is 3.18. The highest BCUT2D eigenvalue weighted by molar-refractivity contribution is 7.13. The second kappa shape index (κ2) is 4.78. The molecule has 0 aliphatic carbocycles. The first-order chi connectivity index (χ1) is 7.69. The van der Waals surface area contributed by atoms with E-state index in [0.717, 1.165) is 10.6 Å². The molecule has 0 bridgehead atoms. The van der Waals surface area contributed by atoms with Gasteiger partial charge < -0.3 is 10.5 Å². The molecule has 2 rings (SSSR count). The van der Waals surface area contributed by atoms with E-state index in [1.165, 1.54) is 11.3 Å². The van der Waals surface area contributed by atoms with Crippen LogP contribution < -0.4 is 10.5 Å². The lowest BCUT2D eigenvalue weighted by molar-refractivity contribution is 0.469. The zero-order valence-electron chi connectivity index (χ0n) is 8.61. The Balaban J connectivity index is 2.22. The van der Waals surface area contributed by atoms with E-state index in [4.69, 9.17) is 22.1 Å². The maximum atomic E-state index is 5.88. The van der Waals surface area contributed by atoms with Crippen LogP contribution in [0, 0.1) is 6.92 Å². The van der Waals surface area contributed by atoms with Gasteiger partial charge in [-0.1, -0.05) is 34.1 Å². The maximum Gasteiger partial charge on any atom is 0.299 e. The highest BCUT2D eigenvalue weighted by Gasteiger charge is 2.07. The van der Waals surface area contributed by atoms with Gasteiger partial charge in [-0.2, -0.15) is 0 Å². The molecule has 0 aliphatic heterocycles. The van der Waals surface area contributed by atoms with Crippen LogP contribution in [0.5, 0.6) is 10.9 Å². The Kier molecular flexibility index (Phi) is 3.38. The summed E-state index contributed by atoms with van der Waals surface area (Å²) >= 11 is 7.21. The van der Waals surface area contributed by atoms with E-state index in [2.05, 4.69) is 10.2 Å². The van der Waals surface area contributed by atoms with Gasteiger partial charge in [0.2, 0.25) is 0 Å². The first kappa shape index (κ1) is 11.3. The van der Waals surface area contributed by atoms with Crippen molar-refractivity contribution >= 4 is 22.9 Å². The number of ether oxygens (including phenoxy) is 1. The normalized spacial score (nSPS) is 10.4. The minimum atomic E-state index is 0.371. The third kappa shape index (κ3) is 2.49. The van der Waals surface area contributed by atoms with Gasteiger partial charge in [0.1, 0.15) is 10.8 Å². The fourth-order valence-electron chi connectivity index (χ4n) is 1.14. The molecular weight excluding hydrogens is 246 g/mol. The van der Waals surface area contributed by atoms with Gasteiger partial charge in [-0.3, -0.25) is 0 Å². The summed E-state index contributed by atoms with van der Waals surface area (Å²) in [5.74, 6) is 0.687. The number of rotatable bonds is 3. The van der Waals surface area contributed by atoms with Crippen molar-refractivity contribution in [2.75, 3.05) is 0 Å². The molecule has 84 valence electrons. The summed E-state index contributed by atoms with van der Waals surface area (Å²) in [4.78, 5) is 0. The van der Waals surface area contributed by atoms with Crippen molar-refractivity contribution in [2.24, 2.45) is 5.73 Å². The summed E-state index contributed by atoms with van der Waals surface area (Å²) in [5.41, 5.74) is 6.44. The van der Waals surface area contributed by atoms with Crippen molar-refractivity contribution in [3.8, 4) is 10.9 Å². The van der Waals surface area contributed by atoms with Gasteiger partial charge in [0.25, 0.3) is 5.19 Å². The monoisotopic (exact) mass is 255 g/mol. The molecule has 2 N–H and O–H groups in total. The number of hydrogen-bond acceptors (Lipinski definition) is 5. The summed E-state index contributed by atoms with van der Waals surface area (Å²) in [5, 5.41) is 9.60. The van der Waals surface area contributed by atoms with E-state index >= 15 is 0 Å². The van der Waals surface area contributed by atoms with Crippen LogP contribution in [0.1, 0.15) is 10.6 Å². The molecular formula is C10H10ClN3OS. The number of nitrogens with zero attached hydrogens (tertiary/aromatic N) is 2. The van der Waals surface area contributed by atoms with Crippen LogP contribution in [-0.2, 0) is 6.54 Å². The molecule has 16 heavy (non-hydrogen) atoms. The first-order valence-corrected chi connectivity index (χ1v) is 5.85. The zero-order chi connectivity index (χ0) is 11.5. The van der Waals surface area contributed by atoms with Crippen molar-refractivity contribution in [2.45, 2.75) is 13.5 Å². The molecule has 1 aromatic carbocycles. The predicted molar refractivity (Wildman–Crippen MR) is 64.1 cm³/mol. The van der Waals surface area contributed by atoms with E-state index in [0.29, 0.717) is 22.5 Å². The van der Waals surface area contributed by atoms with Crippen molar-refractivity contribution in [3.63, 3.8) is 0 Å². The van der Waals surface area contributed by atoms with Crippen LogP contribution >= 0.6 is 22.9 Å². The second-order valence-corrected chi connectivity index (χ2v) is 4.64. The molecule has 0 spiro atoms. The number of aromatic nitrogens is 2. The van der Waals surface area contributed by atoms with E-state index < -0.39 is 0 Å². The minimum absolute atomic E-state index is 0.371. The number of halogens is 1. The lowest BCUT2D eigenvalue weighted by atomic mass is 10.2. The Morgan fingerprint density at radius 1 is 1.44 bits per heavy atom. The molecule has 0 saturated carbocycles. The number of aryl methyl sites for hydroxylation is 1. The summed E-state index contributed by atoms with van der Waals surface area (Å²) in [6.45, 7) is 2.31. The standard InChI is InChI=1S/C10H10ClN3OS/c1-6-2-3-7(11)4-8(6)15-10-14-13-9(5-12)16-10/h2-4H,5,12H2,1H3. The molecule has 6 heteroatoms. The average molecular weight is 256 g/mol. The van der Waals surface area contributed by atoms with Crippen molar-refractivity contribution < 1.29 is 4.74 Å². The minimum Gasteiger partial charge on any atom is -0.429 e. The lowest BCUT2D eigenvalue weighted by Crippen LogP contribution is -1.94. The van der Waals surface area contributed by atoms with Crippen molar-refractivity contribution in [1.29, 1.82) is 0 Å². The van der Waals surface area contributed by atoms with Gasteiger partial charge in [0.15, 0.2) is 0 Å². The van der Waals surface area contributed by atoms with E-state index in [-0.39, 0.29) is 0 Å². The summed E-state index contributed by atoms with van der Waals surface area (Å²) in [7, 11) is 0. The van der Waals surface area contributed by atoms with Crippen LogP contribution in [0.3, 0.4) is 0 Å². The van der Waals surface area contributed by atoms with Gasteiger partial charge in [-0.05, 0) is 24.6 Å². The molecule has 1 heterocycles. The first-order valence-electron chi connectivity index (χ1n) is 4.65. The van der Waals surface area contributed by atoms with Gasteiger partial charge in [-0.25, -0.2) is 0 Å². The highest BCUT2D eigenvalue weighted by Crippen LogP contribution is 2.29. The van der Waals surface area contributed by atoms with Crippen LogP contribution in [0.2, 0.25) is 5.02 Å². The fraction of sp³-hybridized carbons (Fsp3) is 0.200. The Morgan fingerprint density at radius 3 is 2.94 bits per heavy atom. The van der Waals surface area contributed by atoms with Crippen LogP contribution in [-0.4, -0.2) is 10.2 Å². The molecule has 0 amide bonds. The van der Waals surface area contributed by atoms with E-state index in [9.17, 15) is 0 Å². The quantitative estimate of drug-likeness (QED) is 0.916. The number of hydrogen-bond donors (Lipinski definition) is 1. The third-order valence-corrected chi connectivity index (χ3v) is 3.03. The molecule has 0 radical (unpaired) electrons. The van der Waals surface area contributed by atoms with E-state index in [1.54, 1.807) is 6.07 Å². The largest absolute Gasteiger partial charge is 0.429 e. The SMILES string of the molecule is Cc1ccc(Cl)cc1Oc1nnc(CN)s1. The summed E-state index contributed by atoms with van der Waals surface area (Å²) in [6.07, 6.45) is 0.